The Balaban J connectivity index is 2.33. The Bertz CT molecular complexity index is 656. The lowest BCUT2D eigenvalue weighted by atomic mass is 10.1. The van der Waals surface area contributed by atoms with Crippen LogP contribution < -0.4 is 4.74 Å². The van der Waals surface area contributed by atoms with Crippen LogP contribution in [0.2, 0.25) is 0 Å². The summed E-state index contributed by atoms with van der Waals surface area (Å²) in [6, 6.07) is 15.1. The Hall–Kier alpha value is -2.60. The van der Waals surface area contributed by atoms with Crippen LogP contribution in [0.4, 0.5) is 0 Å². The summed E-state index contributed by atoms with van der Waals surface area (Å²) in [5, 5.41) is 9.07. The zero-order valence-electron chi connectivity index (χ0n) is 11.3. The molecule has 2 aromatic carbocycles. The molecule has 0 amide bonds. The summed E-state index contributed by atoms with van der Waals surface area (Å²) in [4.78, 5) is 10.5. The van der Waals surface area contributed by atoms with Gasteiger partial charge in [0.25, 0.3) is 0 Å². The van der Waals surface area contributed by atoms with Crippen LogP contribution in [0, 0.1) is 18.3 Å². The second kappa shape index (κ2) is 6.53. The second-order valence-corrected chi connectivity index (χ2v) is 4.53. The maximum absolute atomic E-state index is 10.5. The molecule has 3 nitrogen and oxygen atoms in total. The monoisotopic (exact) mass is 265 g/mol. The number of hydrogen-bond acceptors (Lipinski definition) is 3. The first-order chi connectivity index (χ1) is 9.74. The SMILES string of the molecule is Cc1ccc(Oc2ccccc2C#N)c(CCC=O)c1. The van der Waals surface area contributed by atoms with Crippen LogP contribution in [0.5, 0.6) is 11.5 Å². The minimum atomic E-state index is 0.458. The number of nitriles is 1. The fourth-order valence-corrected chi connectivity index (χ4v) is 1.98. The molecule has 0 aromatic heterocycles. The highest BCUT2D eigenvalue weighted by molar-refractivity contribution is 5.52. The molecule has 0 aliphatic rings. The molecule has 0 aliphatic carbocycles. The number of hydrogen-bond donors (Lipinski definition) is 0. The number of aldehydes is 1. The van der Waals surface area contributed by atoms with Crippen molar-refractivity contribution >= 4 is 6.29 Å². The van der Waals surface area contributed by atoms with Gasteiger partial charge in [0.15, 0.2) is 0 Å². The molecule has 0 bridgehead atoms. The summed E-state index contributed by atoms with van der Waals surface area (Å²) < 4.78 is 5.85. The van der Waals surface area contributed by atoms with Gasteiger partial charge in [-0.2, -0.15) is 5.26 Å². The Kier molecular flexibility index (Phi) is 4.52. The first-order valence-electron chi connectivity index (χ1n) is 6.44. The summed E-state index contributed by atoms with van der Waals surface area (Å²) >= 11 is 0. The largest absolute Gasteiger partial charge is 0.456 e. The molecule has 0 aliphatic heterocycles. The van der Waals surface area contributed by atoms with Crippen molar-refractivity contribution in [2.75, 3.05) is 0 Å². The second-order valence-electron chi connectivity index (χ2n) is 4.53. The standard InChI is InChI=1S/C17H15NO2/c1-13-8-9-17(14(11-13)6-4-10-19)20-16-7-3-2-5-15(16)12-18/h2-3,5,7-11H,4,6H2,1H3. The van der Waals surface area contributed by atoms with Crippen LogP contribution in [-0.2, 0) is 11.2 Å². The summed E-state index contributed by atoms with van der Waals surface area (Å²) in [6.45, 7) is 2.00. The van der Waals surface area contributed by atoms with Gasteiger partial charge in [-0.25, -0.2) is 0 Å². The molecule has 0 spiro atoms. The van der Waals surface area contributed by atoms with Crippen molar-refractivity contribution in [2.45, 2.75) is 19.8 Å². The molecular formula is C17H15NO2. The van der Waals surface area contributed by atoms with E-state index in [2.05, 4.69) is 6.07 Å². The number of nitrogens with zero attached hydrogens (tertiary/aromatic N) is 1. The minimum Gasteiger partial charge on any atom is -0.456 e. The first-order valence-corrected chi connectivity index (χ1v) is 6.44. The smallest absolute Gasteiger partial charge is 0.145 e. The number of rotatable bonds is 5. The van der Waals surface area contributed by atoms with E-state index in [-0.39, 0.29) is 0 Å². The number of aryl methyl sites for hydroxylation is 2. The van der Waals surface area contributed by atoms with E-state index in [1.165, 1.54) is 0 Å². The average Bonchev–Trinajstić information content (AvgIpc) is 2.48. The molecule has 0 N–H and O–H groups in total. The zero-order valence-corrected chi connectivity index (χ0v) is 11.3. The average molecular weight is 265 g/mol. The highest BCUT2D eigenvalue weighted by atomic mass is 16.5. The molecule has 100 valence electrons. The fraction of sp³-hybridized carbons (Fsp3) is 0.176. The van der Waals surface area contributed by atoms with Gasteiger partial charge in [-0.15, -0.1) is 0 Å². The molecule has 0 heterocycles. The lowest BCUT2D eigenvalue weighted by molar-refractivity contribution is -0.107. The van der Waals surface area contributed by atoms with Gasteiger partial charge in [0.05, 0.1) is 5.56 Å². The molecule has 0 saturated heterocycles. The minimum absolute atomic E-state index is 0.458. The van der Waals surface area contributed by atoms with Gasteiger partial charge in [-0.05, 0) is 37.1 Å². The van der Waals surface area contributed by atoms with Gasteiger partial charge in [0.1, 0.15) is 23.9 Å². The van der Waals surface area contributed by atoms with Gasteiger partial charge in [0.2, 0.25) is 0 Å². The maximum atomic E-state index is 10.5. The van der Waals surface area contributed by atoms with Crippen LogP contribution in [0.25, 0.3) is 0 Å². The van der Waals surface area contributed by atoms with Gasteiger partial charge in [0, 0.05) is 6.42 Å². The van der Waals surface area contributed by atoms with Crippen LogP contribution in [0.15, 0.2) is 42.5 Å². The van der Waals surface area contributed by atoms with E-state index in [9.17, 15) is 4.79 Å². The molecule has 0 saturated carbocycles. The molecule has 0 radical (unpaired) electrons. The van der Waals surface area contributed by atoms with E-state index in [1.807, 2.05) is 31.2 Å². The Labute approximate surface area is 118 Å². The Morgan fingerprint density at radius 1 is 1.20 bits per heavy atom. The van der Waals surface area contributed by atoms with E-state index >= 15 is 0 Å². The quantitative estimate of drug-likeness (QED) is 0.773. The summed E-state index contributed by atoms with van der Waals surface area (Å²) in [5.41, 5.74) is 2.59. The van der Waals surface area contributed by atoms with Crippen molar-refractivity contribution in [1.29, 1.82) is 5.26 Å². The van der Waals surface area contributed by atoms with E-state index in [4.69, 9.17) is 10.00 Å². The molecule has 0 unspecified atom stereocenters. The van der Waals surface area contributed by atoms with Gasteiger partial charge in [-0.1, -0.05) is 29.8 Å². The van der Waals surface area contributed by atoms with Crippen molar-refractivity contribution < 1.29 is 9.53 Å². The lowest BCUT2D eigenvalue weighted by Gasteiger charge is -2.12. The molecule has 2 rings (SSSR count). The zero-order chi connectivity index (χ0) is 14.4. The van der Waals surface area contributed by atoms with Crippen molar-refractivity contribution in [2.24, 2.45) is 0 Å². The summed E-state index contributed by atoms with van der Waals surface area (Å²) in [7, 11) is 0. The molecule has 0 fully saturated rings. The lowest BCUT2D eigenvalue weighted by Crippen LogP contribution is -1.95. The van der Waals surface area contributed by atoms with E-state index < -0.39 is 0 Å². The molecule has 2 aromatic rings. The van der Waals surface area contributed by atoms with Gasteiger partial charge in [-0.3, -0.25) is 0 Å². The van der Waals surface area contributed by atoms with E-state index in [0.717, 1.165) is 17.4 Å². The van der Waals surface area contributed by atoms with Crippen LogP contribution >= 0.6 is 0 Å². The maximum Gasteiger partial charge on any atom is 0.145 e. The van der Waals surface area contributed by atoms with Gasteiger partial charge >= 0.3 is 0 Å². The predicted molar refractivity (Wildman–Crippen MR) is 76.8 cm³/mol. The summed E-state index contributed by atoms with van der Waals surface area (Å²) in [5.74, 6) is 1.23. The predicted octanol–water partition coefficient (Wildman–Crippen LogP) is 3.79. The van der Waals surface area contributed by atoms with Crippen LogP contribution in [0.1, 0.15) is 23.1 Å². The normalized spacial score (nSPS) is 9.80. The fourth-order valence-electron chi connectivity index (χ4n) is 1.98. The Morgan fingerprint density at radius 2 is 2.00 bits per heavy atom. The summed E-state index contributed by atoms with van der Waals surface area (Å²) in [6.07, 6.45) is 1.99. The molecule has 20 heavy (non-hydrogen) atoms. The van der Waals surface area contributed by atoms with Crippen LogP contribution in [0.3, 0.4) is 0 Å². The molecule has 0 atom stereocenters. The third kappa shape index (κ3) is 3.24. The van der Waals surface area contributed by atoms with E-state index in [1.54, 1.807) is 18.2 Å². The Morgan fingerprint density at radius 3 is 2.75 bits per heavy atom. The van der Waals surface area contributed by atoms with Crippen LogP contribution in [-0.4, -0.2) is 6.29 Å². The van der Waals surface area contributed by atoms with Crippen molar-refractivity contribution in [3.63, 3.8) is 0 Å². The topological polar surface area (TPSA) is 50.1 Å². The number of para-hydroxylation sites is 1. The third-order valence-corrected chi connectivity index (χ3v) is 2.97. The number of carbonyl (C=O) groups is 1. The molecular weight excluding hydrogens is 250 g/mol. The highest BCUT2D eigenvalue weighted by Crippen LogP contribution is 2.29. The van der Waals surface area contributed by atoms with Crippen molar-refractivity contribution in [3.8, 4) is 17.6 Å². The van der Waals surface area contributed by atoms with Crippen molar-refractivity contribution in [1.82, 2.24) is 0 Å². The van der Waals surface area contributed by atoms with E-state index in [0.29, 0.717) is 29.9 Å². The number of carbonyl (C=O) groups excluding carboxylic acids is 1. The number of ether oxygens (including phenoxy) is 1. The first kappa shape index (κ1) is 13.8. The van der Waals surface area contributed by atoms with Crippen molar-refractivity contribution in [3.05, 3.63) is 59.2 Å². The van der Waals surface area contributed by atoms with Gasteiger partial charge < -0.3 is 9.53 Å². The number of benzene rings is 2. The highest BCUT2D eigenvalue weighted by Gasteiger charge is 2.08. The third-order valence-electron chi connectivity index (χ3n) is 2.97. The molecule has 3 heteroatoms.